The number of nitrogens with zero attached hydrogens (tertiary/aromatic N) is 5. The van der Waals surface area contributed by atoms with Gasteiger partial charge in [-0.2, -0.15) is 0 Å². The van der Waals surface area contributed by atoms with E-state index in [0.29, 0.717) is 31.1 Å². The molecule has 2 aromatic heterocycles. The lowest BCUT2D eigenvalue weighted by atomic mass is 10.0. The summed E-state index contributed by atoms with van der Waals surface area (Å²) in [4.78, 5) is 24.2. The first-order valence-electron chi connectivity index (χ1n) is 8.06. The molecule has 1 saturated heterocycles. The number of carbonyl (C=O) groups is 1. The molecule has 0 aliphatic carbocycles. The number of aromatic nitrogens is 3. The van der Waals surface area contributed by atoms with Gasteiger partial charge in [-0.1, -0.05) is 5.16 Å². The number of amides is 1. The van der Waals surface area contributed by atoms with Gasteiger partial charge in [0.05, 0.1) is 6.54 Å². The van der Waals surface area contributed by atoms with E-state index in [-0.39, 0.29) is 18.1 Å². The Labute approximate surface area is 145 Å². The molecule has 1 amide bonds. The first-order valence-corrected chi connectivity index (χ1v) is 8.06. The van der Waals surface area contributed by atoms with Crippen LogP contribution in [0, 0.1) is 6.92 Å². The summed E-state index contributed by atoms with van der Waals surface area (Å²) in [6, 6.07) is 3.42. The zero-order valence-corrected chi connectivity index (χ0v) is 14.6. The normalized spacial score (nSPS) is 19.9. The van der Waals surface area contributed by atoms with E-state index in [0.717, 1.165) is 5.82 Å². The molecule has 0 spiro atoms. The van der Waals surface area contributed by atoms with Crippen LogP contribution < -0.4 is 10.2 Å². The Morgan fingerprint density at radius 1 is 1.48 bits per heavy atom. The number of aryl methyl sites for hydroxylation is 1. The lowest BCUT2D eigenvalue weighted by Crippen LogP contribution is -2.46. The lowest BCUT2D eigenvalue weighted by Gasteiger charge is -2.28. The maximum Gasteiger partial charge on any atom is 0.275 e. The highest BCUT2D eigenvalue weighted by Gasteiger charge is 2.39. The summed E-state index contributed by atoms with van der Waals surface area (Å²) in [6.45, 7) is 2.98. The highest BCUT2D eigenvalue weighted by molar-refractivity contribution is 5.92. The maximum absolute atomic E-state index is 12.4. The quantitative estimate of drug-likeness (QED) is 0.807. The standard InChI is InChI=1S/C16H22N6O3/c1-11-6-12(20-25-11)15(23)21(3)8-16(24)4-5-22(9-16)14-7-13(17-2)18-10-19-14/h6-7,10,24H,4-5,8-9H2,1-3H3,(H,17,18,19)/t16-/m1/s1. The number of hydrogen-bond donors (Lipinski definition) is 2. The molecule has 3 heterocycles. The van der Waals surface area contributed by atoms with Crippen LogP contribution in [0.5, 0.6) is 0 Å². The van der Waals surface area contributed by atoms with Crippen LogP contribution in [0.15, 0.2) is 23.0 Å². The molecular formula is C16H22N6O3. The minimum absolute atomic E-state index is 0.207. The molecule has 134 valence electrons. The predicted molar refractivity (Wildman–Crippen MR) is 91.6 cm³/mol. The second kappa shape index (κ2) is 6.67. The fraction of sp³-hybridized carbons (Fsp3) is 0.500. The summed E-state index contributed by atoms with van der Waals surface area (Å²) < 4.78 is 4.94. The van der Waals surface area contributed by atoms with Crippen LogP contribution in [0.4, 0.5) is 11.6 Å². The van der Waals surface area contributed by atoms with Crippen LogP contribution in [0.1, 0.15) is 22.7 Å². The van der Waals surface area contributed by atoms with Crippen LogP contribution in [-0.2, 0) is 0 Å². The van der Waals surface area contributed by atoms with Crippen molar-refractivity contribution in [2.75, 3.05) is 43.9 Å². The zero-order valence-electron chi connectivity index (χ0n) is 14.6. The highest BCUT2D eigenvalue weighted by atomic mass is 16.5. The number of aliphatic hydroxyl groups is 1. The smallest absolute Gasteiger partial charge is 0.275 e. The molecule has 0 aromatic carbocycles. The van der Waals surface area contributed by atoms with Gasteiger partial charge in [-0.15, -0.1) is 0 Å². The summed E-state index contributed by atoms with van der Waals surface area (Å²) in [7, 11) is 3.44. The summed E-state index contributed by atoms with van der Waals surface area (Å²) in [6.07, 6.45) is 2.03. The van der Waals surface area contributed by atoms with E-state index >= 15 is 0 Å². The monoisotopic (exact) mass is 346 g/mol. The van der Waals surface area contributed by atoms with Crippen molar-refractivity contribution in [1.82, 2.24) is 20.0 Å². The van der Waals surface area contributed by atoms with Gasteiger partial charge in [-0.25, -0.2) is 9.97 Å². The fourth-order valence-corrected chi connectivity index (χ4v) is 3.01. The molecule has 1 atom stereocenters. The number of hydrogen-bond acceptors (Lipinski definition) is 8. The Kier molecular flexibility index (Phi) is 4.58. The molecule has 3 rings (SSSR count). The molecule has 2 N–H and O–H groups in total. The highest BCUT2D eigenvalue weighted by Crippen LogP contribution is 2.27. The van der Waals surface area contributed by atoms with E-state index in [2.05, 4.69) is 20.4 Å². The van der Waals surface area contributed by atoms with Gasteiger partial charge >= 0.3 is 0 Å². The average Bonchev–Trinajstić information content (AvgIpc) is 3.20. The molecule has 0 unspecified atom stereocenters. The second-order valence-corrected chi connectivity index (χ2v) is 6.39. The second-order valence-electron chi connectivity index (χ2n) is 6.39. The molecule has 0 bridgehead atoms. The molecule has 0 radical (unpaired) electrons. The van der Waals surface area contributed by atoms with E-state index < -0.39 is 5.60 Å². The molecule has 1 aliphatic rings. The number of carbonyl (C=O) groups excluding carboxylic acids is 1. The molecular weight excluding hydrogens is 324 g/mol. The third kappa shape index (κ3) is 3.71. The average molecular weight is 346 g/mol. The Bertz CT molecular complexity index is 764. The van der Waals surface area contributed by atoms with Gasteiger partial charge in [0.15, 0.2) is 5.69 Å². The van der Waals surface area contributed by atoms with E-state index in [1.54, 1.807) is 27.1 Å². The van der Waals surface area contributed by atoms with Crippen LogP contribution in [0.25, 0.3) is 0 Å². The molecule has 1 fully saturated rings. The van der Waals surface area contributed by atoms with Gasteiger partial charge in [0.2, 0.25) is 0 Å². The topological polar surface area (TPSA) is 108 Å². The van der Waals surface area contributed by atoms with Gasteiger partial charge in [-0.05, 0) is 13.3 Å². The Hall–Kier alpha value is -2.68. The summed E-state index contributed by atoms with van der Waals surface area (Å²) >= 11 is 0. The number of likely N-dealkylation sites (N-methyl/N-ethyl adjacent to an activating group) is 1. The van der Waals surface area contributed by atoms with Gasteiger partial charge < -0.3 is 24.7 Å². The Balaban J connectivity index is 1.65. The van der Waals surface area contributed by atoms with E-state index in [9.17, 15) is 9.90 Å². The molecule has 9 nitrogen and oxygen atoms in total. The van der Waals surface area contributed by atoms with Gasteiger partial charge in [0.1, 0.15) is 29.3 Å². The number of rotatable bonds is 5. The van der Waals surface area contributed by atoms with Crippen LogP contribution in [0.3, 0.4) is 0 Å². The van der Waals surface area contributed by atoms with Crippen molar-refractivity contribution in [3.8, 4) is 0 Å². The number of anilines is 2. The minimum atomic E-state index is -1.01. The number of β-amino-alcohol motifs (C(OH)–C–C–N with tert-alkyl or cyclic N) is 1. The maximum atomic E-state index is 12.4. The SMILES string of the molecule is CNc1cc(N2CC[C@@](O)(CN(C)C(=O)c3cc(C)on3)C2)ncn1. The summed E-state index contributed by atoms with van der Waals surface area (Å²) in [5.41, 5.74) is -0.763. The Morgan fingerprint density at radius 2 is 2.28 bits per heavy atom. The van der Waals surface area contributed by atoms with Crippen molar-refractivity contribution in [1.29, 1.82) is 0 Å². The summed E-state index contributed by atoms with van der Waals surface area (Å²) in [5, 5.41) is 17.6. The third-order valence-electron chi connectivity index (χ3n) is 4.29. The first-order chi connectivity index (χ1) is 11.9. The van der Waals surface area contributed by atoms with E-state index in [1.165, 1.54) is 11.2 Å². The summed E-state index contributed by atoms with van der Waals surface area (Å²) in [5.74, 6) is 1.76. The predicted octanol–water partition coefficient (Wildman–Crippen LogP) is 0.528. The first kappa shape index (κ1) is 17.2. The van der Waals surface area contributed by atoms with Crippen molar-refractivity contribution >= 4 is 17.5 Å². The van der Waals surface area contributed by atoms with E-state index in [4.69, 9.17) is 4.52 Å². The van der Waals surface area contributed by atoms with Crippen molar-refractivity contribution in [2.45, 2.75) is 18.9 Å². The molecule has 2 aromatic rings. The fourth-order valence-electron chi connectivity index (χ4n) is 3.01. The molecule has 9 heteroatoms. The van der Waals surface area contributed by atoms with Gasteiger partial charge in [0.25, 0.3) is 5.91 Å². The van der Waals surface area contributed by atoms with Gasteiger partial charge in [0, 0.05) is 39.3 Å². The minimum Gasteiger partial charge on any atom is -0.386 e. The lowest BCUT2D eigenvalue weighted by molar-refractivity contribution is 0.0260. The molecule has 1 aliphatic heterocycles. The number of nitrogens with one attached hydrogen (secondary N) is 1. The zero-order chi connectivity index (χ0) is 18.0. The van der Waals surface area contributed by atoms with Gasteiger partial charge in [-0.3, -0.25) is 4.79 Å². The van der Waals surface area contributed by atoms with Crippen molar-refractivity contribution < 1.29 is 14.4 Å². The Morgan fingerprint density at radius 3 is 2.96 bits per heavy atom. The van der Waals surface area contributed by atoms with Crippen molar-refractivity contribution in [2.24, 2.45) is 0 Å². The van der Waals surface area contributed by atoms with E-state index in [1.807, 2.05) is 11.0 Å². The largest absolute Gasteiger partial charge is 0.386 e. The molecule has 0 saturated carbocycles. The van der Waals surface area contributed by atoms with Crippen LogP contribution in [0.2, 0.25) is 0 Å². The van der Waals surface area contributed by atoms with Crippen LogP contribution >= 0.6 is 0 Å². The molecule has 25 heavy (non-hydrogen) atoms. The third-order valence-corrected chi connectivity index (χ3v) is 4.29. The van der Waals surface area contributed by atoms with Crippen molar-refractivity contribution in [3.63, 3.8) is 0 Å². The van der Waals surface area contributed by atoms with Crippen LogP contribution in [-0.4, -0.2) is 70.4 Å². The van der Waals surface area contributed by atoms with Crippen molar-refractivity contribution in [3.05, 3.63) is 29.9 Å².